The highest BCUT2D eigenvalue weighted by Gasteiger charge is 2.31. The van der Waals surface area contributed by atoms with Crippen LogP contribution in [-0.2, 0) is 11.2 Å². The first-order valence-electron chi connectivity index (χ1n) is 9.00. The second-order valence-corrected chi connectivity index (χ2v) is 6.76. The number of nitrogens with one attached hydrogen (secondary N) is 1. The Kier molecular flexibility index (Phi) is 7.38. The minimum Gasteiger partial charge on any atom is -0.497 e. The van der Waals surface area contributed by atoms with E-state index >= 15 is 0 Å². The van der Waals surface area contributed by atoms with E-state index in [-0.39, 0.29) is 24.2 Å². The number of amides is 1. The van der Waals surface area contributed by atoms with E-state index in [9.17, 15) is 4.79 Å². The van der Waals surface area contributed by atoms with Crippen molar-refractivity contribution < 1.29 is 14.3 Å². The van der Waals surface area contributed by atoms with Crippen molar-refractivity contribution >= 4 is 18.3 Å². The minimum atomic E-state index is -0.0741. The Morgan fingerprint density at radius 3 is 2.80 bits per heavy atom. The molecule has 2 aliphatic rings. The number of nitrogens with zero attached hydrogens (tertiary/aromatic N) is 1. The quantitative estimate of drug-likeness (QED) is 0.867. The van der Waals surface area contributed by atoms with Gasteiger partial charge in [0.1, 0.15) is 18.1 Å². The second kappa shape index (κ2) is 9.30. The molecule has 0 aliphatic carbocycles. The van der Waals surface area contributed by atoms with E-state index in [1.807, 2.05) is 23.1 Å². The van der Waals surface area contributed by atoms with Crippen LogP contribution in [0.15, 0.2) is 18.2 Å². The number of piperidine rings is 1. The number of fused-ring (bicyclic) bond motifs is 1. The Morgan fingerprint density at radius 2 is 2.12 bits per heavy atom. The first-order valence-corrected chi connectivity index (χ1v) is 9.00. The number of carbonyl (C=O) groups excluding carboxylic acids is 1. The Labute approximate surface area is 156 Å². The van der Waals surface area contributed by atoms with Gasteiger partial charge in [-0.25, -0.2) is 0 Å². The van der Waals surface area contributed by atoms with Gasteiger partial charge in [-0.05, 0) is 62.0 Å². The van der Waals surface area contributed by atoms with E-state index in [0.717, 1.165) is 62.5 Å². The molecule has 3 rings (SSSR count). The van der Waals surface area contributed by atoms with Gasteiger partial charge in [-0.2, -0.15) is 0 Å². The van der Waals surface area contributed by atoms with Crippen LogP contribution in [0.3, 0.4) is 0 Å². The van der Waals surface area contributed by atoms with Crippen molar-refractivity contribution in [2.45, 2.75) is 26.2 Å². The first-order chi connectivity index (χ1) is 11.7. The molecule has 0 spiro atoms. The molecule has 2 aliphatic heterocycles. The maximum atomic E-state index is 12.8. The molecule has 25 heavy (non-hydrogen) atoms. The van der Waals surface area contributed by atoms with Crippen molar-refractivity contribution in [3.8, 4) is 11.5 Å². The van der Waals surface area contributed by atoms with Crippen molar-refractivity contribution in [3.63, 3.8) is 0 Å². The number of methoxy groups -OCH3 is 1. The minimum absolute atomic E-state index is 0. The lowest BCUT2D eigenvalue weighted by Gasteiger charge is -2.35. The molecule has 2 heterocycles. The molecule has 0 radical (unpaired) electrons. The zero-order valence-electron chi connectivity index (χ0n) is 15.1. The highest BCUT2D eigenvalue weighted by molar-refractivity contribution is 5.85. The number of benzene rings is 1. The van der Waals surface area contributed by atoms with Crippen LogP contribution in [-0.4, -0.2) is 50.7 Å². The summed E-state index contributed by atoms with van der Waals surface area (Å²) < 4.78 is 11.1. The molecule has 0 saturated carbocycles. The van der Waals surface area contributed by atoms with Gasteiger partial charge in [-0.15, -0.1) is 12.4 Å². The molecule has 1 N–H and O–H groups in total. The Balaban J connectivity index is 0.00000225. The zero-order chi connectivity index (χ0) is 16.9. The number of hydrogen-bond donors (Lipinski definition) is 1. The summed E-state index contributed by atoms with van der Waals surface area (Å²) in [6.07, 6.45) is 2.93. The topological polar surface area (TPSA) is 50.8 Å². The van der Waals surface area contributed by atoms with Gasteiger partial charge >= 0.3 is 0 Å². The van der Waals surface area contributed by atoms with Crippen LogP contribution in [0.2, 0.25) is 0 Å². The van der Waals surface area contributed by atoms with Crippen LogP contribution >= 0.6 is 12.4 Å². The number of ether oxygens (including phenoxy) is 2. The predicted molar refractivity (Wildman–Crippen MR) is 101 cm³/mol. The van der Waals surface area contributed by atoms with E-state index in [4.69, 9.17) is 9.47 Å². The van der Waals surface area contributed by atoms with Crippen LogP contribution < -0.4 is 14.8 Å². The number of rotatable bonds is 5. The van der Waals surface area contributed by atoms with E-state index in [1.165, 1.54) is 0 Å². The molecule has 140 valence electrons. The van der Waals surface area contributed by atoms with Crippen LogP contribution in [0.5, 0.6) is 11.5 Å². The smallest absolute Gasteiger partial charge is 0.229 e. The van der Waals surface area contributed by atoms with Gasteiger partial charge in [0, 0.05) is 13.1 Å². The summed E-state index contributed by atoms with van der Waals surface area (Å²) in [5.41, 5.74) is 1.07. The van der Waals surface area contributed by atoms with Crippen LogP contribution in [0.4, 0.5) is 0 Å². The van der Waals surface area contributed by atoms with Crippen molar-refractivity contribution in [1.82, 2.24) is 10.2 Å². The van der Waals surface area contributed by atoms with Gasteiger partial charge in [-0.1, -0.05) is 6.92 Å². The zero-order valence-corrected chi connectivity index (χ0v) is 15.9. The van der Waals surface area contributed by atoms with E-state index in [2.05, 4.69) is 12.2 Å². The van der Waals surface area contributed by atoms with Gasteiger partial charge in [0.15, 0.2) is 0 Å². The highest BCUT2D eigenvalue weighted by atomic mass is 35.5. The highest BCUT2D eigenvalue weighted by Crippen LogP contribution is 2.31. The fourth-order valence-electron chi connectivity index (χ4n) is 3.62. The summed E-state index contributed by atoms with van der Waals surface area (Å²) in [4.78, 5) is 14.9. The average Bonchev–Trinajstić information content (AvgIpc) is 2.65. The van der Waals surface area contributed by atoms with Gasteiger partial charge in [0.2, 0.25) is 5.91 Å². The molecular weight excluding hydrogens is 340 g/mol. The molecule has 6 heteroatoms. The molecule has 1 aromatic rings. The van der Waals surface area contributed by atoms with Crippen molar-refractivity contribution in [2.75, 3.05) is 39.9 Å². The molecule has 0 bridgehead atoms. The molecule has 0 aromatic heterocycles. The van der Waals surface area contributed by atoms with Crippen molar-refractivity contribution in [2.24, 2.45) is 11.8 Å². The number of halogens is 1. The lowest BCUT2D eigenvalue weighted by Crippen LogP contribution is -2.45. The third-order valence-corrected chi connectivity index (χ3v) is 5.13. The molecule has 1 aromatic carbocycles. The number of carbonyl (C=O) groups is 1. The summed E-state index contributed by atoms with van der Waals surface area (Å²) in [5.74, 6) is 2.56. The standard InChI is InChI=1S/C19H28N2O3.ClH/c1-3-20-12-14-6-8-21(9-7-14)19(22)16-10-15-11-17(23-2)4-5-18(15)24-13-16;/h4-5,11,14,16,20H,3,6-10,12-13H2,1-2H3;1H. The van der Waals surface area contributed by atoms with Gasteiger partial charge in [0.05, 0.1) is 13.0 Å². The summed E-state index contributed by atoms with van der Waals surface area (Å²) in [6, 6.07) is 5.81. The number of likely N-dealkylation sites (tertiary alicyclic amines) is 1. The molecule has 1 saturated heterocycles. The Bertz CT molecular complexity index is 574. The fraction of sp³-hybridized carbons (Fsp3) is 0.632. The average molecular weight is 369 g/mol. The van der Waals surface area contributed by atoms with E-state index in [0.29, 0.717) is 12.5 Å². The molecule has 1 fully saturated rings. The summed E-state index contributed by atoms with van der Waals surface area (Å²) in [7, 11) is 1.66. The van der Waals surface area contributed by atoms with E-state index < -0.39 is 0 Å². The van der Waals surface area contributed by atoms with Crippen molar-refractivity contribution in [3.05, 3.63) is 23.8 Å². The Hall–Kier alpha value is -1.46. The third kappa shape index (κ3) is 4.79. The number of hydrogen-bond acceptors (Lipinski definition) is 4. The summed E-state index contributed by atoms with van der Waals surface area (Å²) in [6.45, 7) is 6.44. The second-order valence-electron chi connectivity index (χ2n) is 6.76. The van der Waals surface area contributed by atoms with Gasteiger partial charge in [0.25, 0.3) is 0 Å². The molecule has 1 amide bonds. The van der Waals surface area contributed by atoms with Crippen molar-refractivity contribution in [1.29, 1.82) is 0 Å². The van der Waals surface area contributed by atoms with Gasteiger partial charge < -0.3 is 19.7 Å². The first kappa shape index (κ1) is 19.9. The monoisotopic (exact) mass is 368 g/mol. The summed E-state index contributed by atoms with van der Waals surface area (Å²) in [5, 5.41) is 3.41. The van der Waals surface area contributed by atoms with Crippen LogP contribution in [0.25, 0.3) is 0 Å². The predicted octanol–water partition coefficient (Wildman–Crippen LogP) is 2.52. The lowest BCUT2D eigenvalue weighted by atomic mass is 9.92. The van der Waals surface area contributed by atoms with Crippen LogP contribution in [0, 0.1) is 11.8 Å². The lowest BCUT2D eigenvalue weighted by molar-refractivity contribution is -0.138. The van der Waals surface area contributed by atoms with Gasteiger partial charge in [-0.3, -0.25) is 4.79 Å². The van der Waals surface area contributed by atoms with Crippen LogP contribution in [0.1, 0.15) is 25.3 Å². The SMILES string of the molecule is CCNCC1CCN(C(=O)C2COc3ccc(OC)cc3C2)CC1.Cl. The maximum absolute atomic E-state index is 12.8. The normalized spacial score (nSPS) is 20.2. The Morgan fingerprint density at radius 1 is 1.36 bits per heavy atom. The molecule has 1 unspecified atom stereocenters. The maximum Gasteiger partial charge on any atom is 0.229 e. The molecule has 1 atom stereocenters. The molecule has 5 nitrogen and oxygen atoms in total. The largest absolute Gasteiger partial charge is 0.497 e. The van der Waals surface area contributed by atoms with E-state index in [1.54, 1.807) is 7.11 Å². The molecular formula is C19H29ClN2O3. The summed E-state index contributed by atoms with van der Waals surface area (Å²) >= 11 is 0. The fourth-order valence-corrected chi connectivity index (χ4v) is 3.62. The third-order valence-electron chi connectivity index (χ3n) is 5.13.